The van der Waals surface area contributed by atoms with Gasteiger partial charge in [0.05, 0.1) is 11.1 Å². The Bertz CT molecular complexity index is 3690. The highest BCUT2D eigenvalue weighted by atomic mass is 32.1. The Kier molecular flexibility index (Phi) is 8.34. The van der Waals surface area contributed by atoms with Gasteiger partial charge in [-0.05, 0) is 105 Å². The molecule has 300 valence electrons. The summed E-state index contributed by atoms with van der Waals surface area (Å²) in [6.07, 6.45) is 0. The number of nitrogens with zero attached hydrogens (tertiary/aromatic N) is 1. The highest BCUT2D eigenvalue weighted by Crippen LogP contribution is 2.59. The van der Waals surface area contributed by atoms with E-state index in [9.17, 15) is 0 Å². The lowest BCUT2D eigenvalue weighted by atomic mass is 9.68. The van der Waals surface area contributed by atoms with Gasteiger partial charge in [0.15, 0.2) is 0 Å². The topological polar surface area (TPSA) is 16.4 Å². The van der Waals surface area contributed by atoms with Crippen LogP contribution in [0.1, 0.15) is 22.3 Å². The largest absolute Gasteiger partial charge is 0.456 e. The van der Waals surface area contributed by atoms with Gasteiger partial charge in [0.1, 0.15) is 11.2 Å². The summed E-state index contributed by atoms with van der Waals surface area (Å²) in [4.78, 5) is 2.47. The van der Waals surface area contributed by atoms with Crippen molar-refractivity contribution in [2.75, 3.05) is 4.90 Å². The molecular formula is C61H39NOS. The van der Waals surface area contributed by atoms with Crippen LogP contribution in [0.25, 0.3) is 75.5 Å². The number of benzene rings is 10. The summed E-state index contributed by atoms with van der Waals surface area (Å²) in [5.74, 6) is 0. The summed E-state index contributed by atoms with van der Waals surface area (Å²) in [6, 6.07) is 86.6. The van der Waals surface area contributed by atoms with Gasteiger partial charge < -0.3 is 9.32 Å². The first kappa shape index (κ1) is 36.7. The third kappa shape index (κ3) is 5.51. The standard InChI is InChI=1S/C61H39NOS/c1-3-17-43(18-4-1)61(44-19-5-2-6-20-44)53-27-10-7-24-51(53)59-54(61)28-15-29-55(59)62(45-35-32-40(33-36-45)47-25-14-26-50-49-23-9-12-31-58(49)64-60(47)50)46-21-13-16-41(38-46)42-34-37-57-52(39-42)48-22-8-11-30-56(48)63-57/h1-39H. The first-order chi connectivity index (χ1) is 31.7. The summed E-state index contributed by atoms with van der Waals surface area (Å²) in [7, 11) is 0. The fourth-order valence-electron chi connectivity index (χ4n) is 10.6. The third-order valence-electron chi connectivity index (χ3n) is 13.4. The van der Waals surface area contributed by atoms with Gasteiger partial charge in [-0.1, -0.05) is 182 Å². The summed E-state index contributed by atoms with van der Waals surface area (Å²) in [5.41, 5.74) is 16.9. The van der Waals surface area contributed by atoms with Crippen LogP contribution in [0.3, 0.4) is 0 Å². The van der Waals surface area contributed by atoms with E-state index in [4.69, 9.17) is 4.42 Å². The van der Waals surface area contributed by atoms with Crippen molar-refractivity contribution in [3.63, 3.8) is 0 Å². The number of fused-ring (bicyclic) bond motifs is 9. The maximum Gasteiger partial charge on any atom is 0.135 e. The van der Waals surface area contributed by atoms with Crippen molar-refractivity contribution >= 4 is 70.5 Å². The van der Waals surface area contributed by atoms with E-state index in [0.29, 0.717) is 0 Å². The molecule has 0 saturated heterocycles. The van der Waals surface area contributed by atoms with Gasteiger partial charge in [-0.15, -0.1) is 11.3 Å². The van der Waals surface area contributed by atoms with Gasteiger partial charge in [-0.3, -0.25) is 0 Å². The van der Waals surface area contributed by atoms with Crippen LogP contribution in [-0.4, -0.2) is 0 Å². The zero-order chi connectivity index (χ0) is 42.2. The van der Waals surface area contributed by atoms with Crippen LogP contribution < -0.4 is 4.90 Å². The van der Waals surface area contributed by atoms with Crippen molar-refractivity contribution in [3.05, 3.63) is 259 Å². The smallest absolute Gasteiger partial charge is 0.135 e. The Balaban J connectivity index is 1.03. The molecule has 0 bridgehead atoms. The molecule has 0 aliphatic heterocycles. The molecule has 0 spiro atoms. The van der Waals surface area contributed by atoms with Gasteiger partial charge >= 0.3 is 0 Å². The molecular weight excluding hydrogens is 795 g/mol. The average Bonchev–Trinajstić information content (AvgIpc) is 4.04. The van der Waals surface area contributed by atoms with Crippen LogP contribution in [0.5, 0.6) is 0 Å². The van der Waals surface area contributed by atoms with E-state index < -0.39 is 5.41 Å². The first-order valence-corrected chi connectivity index (χ1v) is 22.7. The normalized spacial score (nSPS) is 12.8. The molecule has 12 aromatic rings. The van der Waals surface area contributed by atoms with Crippen LogP contribution in [0.2, 0.25) is 0 Å². The molecule has 0 atom stereocenters. The minimum atomic E-state index is -0.520. The first-order valence-electron chi connectivity index (χ1n) is 21.9. The van der Waals surface area contributed by atoms with Gasteiger partial charge in [0.2, 0.25) is 0 Å². The Morgan fingerprint density at radius 2 is 0.984 bits per heavy atom. The predicted octanol–water partition coefficient (Wildman–Crippen LogP) is 17.1. The molecule has 0 unspecified atom stereocenters. The number of hydrogen-bond acceptors (Lipinski definition) is 3. The second kappa shape index (κ2) is 14.6. The molecule has 0 amide bonds. The number of rotatable bonds is 7. The zero-order valence-corrected chi connectivity index (χ0v) is 35.6. The van der Waals surface area contributed by atoms with E-state index >= 15 is 0 Å². The summed E-state index contributed by atoms with van der Waals surface area (Å²) < 4.78 is 8.88. The Morgan fingerprint density at radius 3 is 1.81 bits per heavy atom. The van der Waals surface area contributed by atoms with Gasteiger partial charge in [-0.2, -0.15) is 0 Å². The van der Waals surface area contributed by atoms with Crippen molar-refractivity contribution in [1.29, 1.82) is 0 Å². The second-order valence-electron chi connectivity index (χ2n) is 16.7. The lowest BCUT2D eigenvalue weighted by molar-refractivity contribution is 0.669. The van der Waals surface area contributed by atoms with Gasteiger partial charge in [0, 0.05) is 47.9 Å². The molecule has 1 aliphatic carbocycles. The molecule has 1 aliphatic rings. The van der Waals surface area contributed by atoms with Crippen LogP contribution in [-0.2, 0) is 5.41 Å². The SMILES string of the molecule is c1ccc(C2(c3ccccc3)c3ccccc3-c3c(N(c4ccc(-c5cccc6c5sc5ccccc56)cc4)c4cccc(-c5ccc6oc7ccccc7c6c5)c4)cccc32)cc1. The Hall–Kier alpha value is -7.98. The molecule has 0 saturated carbocycles. The van der Waals surface area contributed by atoms with E-state index in [2.05, 4.69) is 229 Å². The molecule has 10 aromatic carbocycles. The number of para-hydroxylation sites is 1. The Morgan fingerprint density at radius 1 is 0.375 bits per heavy atom. The number of anilines is 3. The van der Waals surface area contributed by atoms with Crippen LogP contribution in [0, 0.1) is 0 Å². The maximum absolute atomic E-state index is 6.25. The molecule has 2 heterocycles. The summed E-state index contributed by atoms with van der Waals surface area (Å²) in [5, 5.41) is 4.87. The molecule has 13 rings (SSSR count). The fourth-order valence-corrected chi connectivity index (χ4v) is 11.8. The number of furan rings is 1. The lowest BCUT2D eigenvalue weighted by Crippen LogP contribution is -2.28. The van der Waals surface area contributed by atoms with Crippen LogP contribution in [0.4, 0.5) is 17.1 Å². The van der Waals surface area contributed by atoms with Crippen molar-refractivity contribution in [3.8, 4) is 33.4 Å². The monoisotopic (exact) mass is 833 g/mol. The van der Waals surface area contributed by atoms with Crippen molar-refractivity contribution in [2.45, 2.75) is 5.41 Å². The maximum atomic E-state index is 6.25. The highest BCUT2D eigenvalue weighted by Gasteiger charge is 2.47. The predicted molar refractivity (Wildman–Crippen MR) is 269 cm³/mol. The van der Waals surface area contributed by atoms with E-state index in [0.717, 1.165) is 50.1 Å². The minimum absolute atomic E-state index is 0.520. The van der Waals surface area contributed by atoms with Gasteiger partial charge in [-0.25, -0.2) is 0 Å². The van der Waals surface area contributed by atoms with Crippen LogP contribution >= 0.6 is 11.3 Å². The number of thiophene rings is 1. The lowest BCUT2D eigenvalue weighted by Gasteiger charge is -2.34. The van der Waals surface area contributed by atoms with Crippen molar-refractivity contribution in [2.24, 2.45) is 0 Å². The van der Waals surface area contributed by atoms with E-state index in [1.54, 1.807) is 0 Å². The molecule has 2 aromatic heterocycles. The quantitative estimate of drug-likeness (QED) is 0.159. The molecule has 0 radical (unpaired) electrons. The van der Waals surface area contributed by atoms with E-state index in [-0.39, 0.29) is 0 Å². The van der Waals surface area contributed by atoms with Crippen molar-refractivity contribution < 1.29 is 4.42 Å². The van der Waals surface area contributed by atoms with Gasteiger partial charge in [0.25, 0.3) is 0 Å². The second-order valence-corrected chi connectivity index (χ2v) is 17.8. The molecule has 0 N–H and O–H groups in total. The van der Waals surface area contributed by atoms with Crippen LogP contribution in [0.15, 0.2) is 241 Å². The van der Waals surface area contributed by atoms with E-state index in [1.807, 2.05) is 23.5 Å². The molecule has 0 fully saturated rings. The molecule has 64 heavy (non-hydrogen) atoms. The Labute approximate surface area is 375 Å². The minimum Gasteiger partial charge on any atom is -0.456 e. The number of hydrogen-bond donors (Lipinski definition) is 0. The summed E-state index contributed by atoms with van der Waals surface area (Å²) >= 11 is 1.88. The highest BCUT2D eigenvalue weighted by molar-refractivity contribution is 7.26. The fraction of sp³-hybridized carbons (Fsp3) is 0.0164. The van der Waals surface area contributed by atoms with E-state index in [1.165, 1.54) is 64.7 Å². The zero-order valence-electron chi connectivity index (χ0n) is 34.8. The molecule has 2 nitrogen and oxygen atoms in total. The summed E-state index contributed by atoms with van der Waals surface area (Å²) in [6.45, 7) is 0. The van der Waals surface area contributed by atoms with Crippen molar-refractivity contribution in [1.82, 2.24) is 0 Å². The average molecular weight is 834 g/mol. The third-order valence-corrected chi connectivity index (χ3v) is 14.6. The molecule has 3 heteroatoms.